The Bertz CT molecular complexity index is 441. The van der Waals surface area contributed by atoms with Crippen molar-refractivity contribution in [2.75, 3.05) is 6.61 Å². The highest BCUT2D eigenvalue weighted by Crippen LogP contribution is 2.28. The van der Waals surface area contributed by atoms with Gasteiger partial charge in [-0.05, 0) is 48.2 Å². The Balaban J connectivity index is 1.97. The second-order valence-corrected chi connectivity index (χ2v) is 6.94. The summed E-state index contributed by atoms with van der Waals surface area (Å²) in [6.07, 6.45) is 4.40. The normalized spacial score (nSPS) is 20.5. The van der Waals surface area contributed by atoms with Crippen molar-refractivity contribution in [3.63, 3.8) is 0 Å². The summed E-state index contributed by atoms with van der Waals surface area (Å²) in [5, 5.41) is 3.05. The minimum atomic E-state index is 0.0102. The van der Waals surface area contributed by atoms with Crippen molar-refractivity contribution in [1.29, 1.82) is 0 Å². The fourth-order valence-electron chi connectivity index (χ4n) is 2.28. The van der Waals surface area contributed by atoms with Gasteiger partial charge in [-0.2, -0.15) is 0 Å². The van der Waals surface area contributed by atoms with E-state index in [9.17, 15) is 4.79 Å². The average molecular weight is 346 g/mol. The Hall–Kier alpha value is -0.390. The maximum Gasteiger partial charge on any atom is 0.261 e. The van der Waals surface area contributed by atoms with Crippen LogP contribution in [0.2, 0.25) is 0 Å². The number of hydrogen-bond donors (Lipinski definition) is 1. The minimum absolute atomic E-state index is 0.0102. The maximum atomic E-state index is 12.2. The van der Waals surface area contributed by atoms with Crippen molar-refractivity contribution in [3.8, 4) is 0 Å². The number of rotatable bonds is 5. The maximum absolute atomic E-state index is 12.2. The molecule has 0 aromatic carbocycles. The molecule has 1 aliphatic heterocycles. The zero-order chi connectivity index (χ0) is 13.8. The Morgan fingerprint density at radius 2 is 2.47 bits per heavy atom. The Kier molecular flexibility index (Phi) is 5.42. The Morgan fingerprint density at radius 3 is 3.11 bits per heavy atom. The highest BCUT2D eigenvalue weighted by molar-refractivity contribution is 9.10. The summed E-state index contributed by atoms with van der Waals surface area (Å²) in [6, 6.07) is 2.00. The van der Waals surface area contributed by atoms with Crippen molar-refractivity contribution in [3.05, 3.63) is 20.3 Å². The quantitative estimate of drug-likeness (QED) is 0.882. The first-order valence-corrected chi connectivity index (χ1v) is 8.43. The molecule has 2 atom stereocenters. The summed E-state index contributed by atoms with van der Waals surface area (Å²) in [5.41, 5.74) is 0. The third-order valence-corrected chi connectivity index (χ3v) is 5.50. The molecule has 0 aliphatic carbocycles. The van der Waals surface area contributed by atoms with Gasteiger partial charge >= 0.3 is 0 Å². The molecule has 3 nitrogen and oxygen atoms in total. The van der Waals surface area contributed by atoms with Gasteiger partial charge in [0.2, 0.25) is 0 Å². The van der Waals surface area contributed by atoms with E-state index < -0.39 is 0 Å². The molecular weight excluding hydrogens is 326 g/mol. The third kappa shape index (κ3) is 3.80. The van der Waals surface area contributed by atoms with Gasteiger partial charge < -0.3 is 10.1 Å². The zero-order valence-corrected chi connectivity index (χ0v) is 13.8. The number of nitrogens with one attached hydrogen (secondary N) is 1. The highest BCUT2D eigenvalue weighted by Gasteiger charge is 2.24. The van der Waals surface area contributed by atoms with Crippen LogP contribution in [0.1, 0.15) is 47.7 Å². The predicted molar refractivity (Wildman–Crippen MR) is 81.9 cm³/mol. The molecule has 0 spiro atoms. The summed E-state index contributed by atoms with van der Waals surface area (Å²) in [4.78, 5) is 14.2. The first-order valence-electron chi connectivity index (χ1n) is 6.82. The van der Waals surface area contributed by atoms with E-state index >= 15 is 0 Å². The fraction of sp³-hybridized carbons (Fsp3) is 0.643. The summed E-state index contributed by atoms with van der Waals surface area (Å²) in [5.74, 6) is 0.0102. The van der Waals surface area contributed by atoms with Crippen LogP contribution in [0, 0.1) is 0 Å². The second-order valence-electron chi connectivity index (χ2n) is 4.95. The van der Waals surface area contributed by atoms with E-state index in [0.29, 0.717) is 0 Å². The third-order valence-electron chi connectivity index (χ3n) is 3.34. The van der Waals surface area contributed by atoms with Gasteiger partial charge in [0.1, 0.15) is 0 Å². The smallest absolute Gasteiger partial charge is 0.261 e. The van der Waals surface area contributed by atoms with E-state index in [1.54, 1.807) is 11.3 Å². The lowest BCUT2D eigenvalue weighted by atomic mass is 10.1. The number of carbonyl (C=O) groups is 1. The number of carbonyl (C=O) groups excluding carboxylic acids is 1. The molecule has 106 valence electrons. The standard InChI is InChI=1S/C14H20BrNO2S/c1-3-5-12-10(15)8-13(19-12)14(17)16-9(2)11-6-4-7-18-11/h8-9,11H,3-7H2,1-2H3,(H,16,17)/t9-,11-/m0/s1. The molecule has 0 unspecified atom stereocenters. The zero-order valence-electron chi connectivity index (χ0n) is 11.4. The molecule has 5 heteroatoms. The molecule has 1 aromatic heterocycles. The monoisotopic (exact) mass is 345 g/mol. The lowest BCUT2D eigenvalue weighted by Gasteiger charge is -2.19. The van der Waals surface area contributed by atoms with E-state index in [1.807, 2.05) is 13.0 Å². The molecule has 1 amide bonds. The van der Waals surface area contributed by atoms with Crippen molar-refractivity contribution >= 4 is 33.2 Å². The van der Waals surface area contributed by atoms with Crippen LogP contribution >= 0.6 is 27.3 Å². The SMILES string of the molecule is CCCc1sc(C(=O)N[C@@H](C)[C@@H]2CCCO2)cc1Br. The molecule has 1 aliphatic rings. The number of hydrogen-bond acceptors (Lipinski definition) is 3. The molecule has 0 saturated carbocycles. The molecule has 0 radical (unpaired) electrons. The Morgan fingerprint density at radius 1 is 1.68 bits per heavy atom. The average Bonchev–Trinajstić information content (AvgIpc) is 3.00. The summed E-state index contributed by atoms with van der Waals surface area (Å²) < 4.78 is 6.65. The minimum Gasteiger partial charge on any atom is -0.376 e. The molecule has 1 aromatic rings. The molecule has 1 N–H and O–H groups in total. The van der Waals surface area contributed by atoms with Crippen LogP contribution in [0.15, 0.2) is 10.5 Å². The van der Waals surface area contributed by atoms with Crippen LogP contribution in [0.5, 0.6) is 0 Å². The van der Waals surface area contributed by atoms with Gasteiger partial charge in [0, 0.05) is 16.0 Å². The van der Waals surface area contributed by atoms with E-state index in [-0.39, 0.29) is 18.1 Å². The molecule has 1 fully saturated rings. The number of ether oxygens (including phenoxy) is 1. The molecule has 2 heterocycles. The molecular formula is C14H20BrNO2S. The second kappa shape index (κ2) is 6.86. The van der Waals surface area contributed by atoms with Crippen molar-refractivity contribution in [1.82, 2.24) is 5.32 Å². The fourth-order valence-corrected chi connectivity index (χ4v) is 4.16. The van der Waals surface area contributed by atoms with Gasteiger partial charge in [-0.3, -0.25) is 4.79 Å². The van der Waals surface area contributed by atoms with Gasteiger partial charge in [0.15, 0.2) is 0 Å². The molecule has 2 rings (SSSR count). The summed E-state index contributed by atoms with van der Waals surface area (Å²) in [7, 11) is 0. The number of aryl methyl sites for hydroxylation is 1. The van der Waals surface area contributed by atoms with Gasteiger partial charge in [-0.1, -0.05) is 13.3 Å². The number of thiophene rings is 1. The lowest BCUT2D eigenvalue weighted by Crippen LogP contribution is -2.40. The van der Waals surface area contributed by atoms with E-state index in [2.05, 4.69) is 28.2 Å². The van der Waals surface area contributed by atoms with Crippen LogP contribution in [-0.2, 0) is 11.2 Å². The van der Waals surface area contributed by atoms with E-state index in [0.717, 1.165) is 41.6 Å². The van der Waals surface area contributed by atoms with Crippen LogP contribution in [0.3, 0.4) is 0 Å². The number of halogens is 1. The van der Waals surface area contributed by atoms with Crippen LogP contribution in [0.25, 0.3) is 0 Å². The molecule has 19 heavy (non-hydrogen) atoms. The molecule has 0 bridgehead atoms. The summed E-state index contributed by atoms with van der Waals surface area (Å²) in [6.45, 7) is 4.98. The topological polar surface area (TPSA) is 38.3 Å². The van der Waals surface area contributed by atoms with Gasteiger partial charge in [0.25, 0.3) is 5.91 Å². The number of amides is 1. The predicted octanol–water partition coefficient (Wildman–Crippen LogP) is 3.76. The Labute approximate surface area is 126 Å². The van der Waals surface area contributed by atoms with Gasteiger partial charge in [-0.15, -0.1) is 11.3 Å². The van der Waals surface area contributed by atoms with Gasteiger partial charge in [0.05, 0.1) is 17.0 Å². The van der Waals surface area contributed by atoms with Crippen LogP contribution in [0.4, 0.5) is 0 Å². The summed E-state index contributed by atoms with van der Waals surface area (Å²) >= 11 is 5.10. The van der Waals surface area contributed by atoms with Crippen LogP contribution < -0.4 is 5.32 Å². The van der Waals surface area contributed by atoms with Crippen molar-refractivity contribution < 1.29 is 9.53 Å². The first-order chi connectivity index (χ1) is 9.11. The van der Waals surface area contributed by atoms with E-state index in [1.165, 1.54) is 4.88 Å². The lowest BCUT2D eigenvalue weighted by molar-refractivity contribution is 0.0714. The highest BCUT2D eigenvalue weighted by atomic mass is 79.9. The largest absolute Gasteiger partial charge is 0.376 e. The van der Waals surface area contributed by atoms with Gasteiger partial charge in [-0.25, -0.2) is 0 Å². The molecule has 1 saturated heterocycles. The van der Waals surface area contributed by atoms with Crippen molar-refractivity contribution in [2.45, 2.75) is 51.7 Å². The van der Waals surface area contributed by atoms with Crippen molar-refractivity contribution in [2.24, 2.45) is 0 Å². The van der Waals surface area contributed by atoms with E-state index in [4.69, 9.17) is 4.74 Å². The first kappa shape index (κ1) is 15.0. The van der Waals surface area contributed by atoms with Crippen LogP contribution in [-0.4, -0.2) is 24.7 Å².